The summed E-state index contributed by atoms with van der Waals surface area (Å²) in [6.07, 6.45) is 0. The minimum atomic E-state index is -1.67. The van der Waals surface area contributed by atoms with Crippen molar-refractivity contribution in [2.75, 3.05) is 17.7 Å². The quantitative estimate of drug-likeness (QED) is 0.546. The fourth-order valence-electron chi connectivity index (χ4n) is 3.28. The van der Waals surface area contributed by atoms with Crippen LogP contribution in [0.4, 0.5) is 5.69 Å². The summed E-state index contributed by atoms with van der Waals surface area (Å²) in [6.45, 7) is 0. The number of likely N-dealkylation sites (N-methyl/N-ethyl adjacent to an activating group) is 1. The smallest absolute Gasteiger partial charge is 0.350 e. The maximum atomic E-state index is 12.6. The van der Waals surface area contributed by atoms with Crippen LogP contribution >= 0.6 is 35.0 Å². The van der Waals surface area contributed by atoms with Crippen molar-refractivity contribution >= 4 is 52.4 Å². The maximum Gasteiger partial charge on any atom is 0.350 e. The number of hydrogen-bond acceptors (Lipinski definition) is 4. The number of esters is 1. The van der Waals surface area contributed by atoms with Crippen molar-refractivity contribution in [3.8, 4) is 0 Å². The van der Waals surface area contributed by atoms with E-state index in [1.165, 1.54) is 0 Å². The van der Waals surface area contributed by atoms with Gasteiger partial charge in [0.1, 0.15) is 5.76 Å². The Kier molecular flexibility index (Phi) is 4.22. The highest BCUT2D eigenvalue weighted by Crippen LogP contribution is 2.49. The van der Waals surface area contributed by atoms with Crippen molar-refractivity contribution in [2.45, 2.75) is 15.3 Å². The predicted molar refractivity (Wildman–Crippen MR) is 103 cm³/mol. The summed E-state index contributed by atoms with van der Waals surface area (Å²) in [7, 11) is 1.90. The van der Waals surface area contributed by atoms with Gasteiger partial charge in [0.15, 0.2) is 0 Å². The molecule has 4 rings (SSSR count). The Morgan fingerprint density at radius 2 is 1.80 bits per heavy atom. The lowest BCUT2D eigenvalue weighted by atomic mass is 9.95. The van der Waals surface area contributed by atoms with Gasteiger partial charge >= 0.3 is 5.97 Å². The molecule has 0 spiro atoms. The summed E-state index contributed by atoms with van der Waals surface area (Å²) in [4.78, 5) is 15.6. The SMILES string of the molecule is CN(c1ccccc1)C1C2=C(OC(=O)C1(Cl)Cl)c1ccccc1SC2. The molecule has 0 bridgehead atoms. The number of fused-ring (bicyclic) bond motifs is 2. The van der Waals surface area contributed by atoms with E-state index < -0.39 is 16.3 Å². The minimum Gasteiger partial charge on any atom is -0.423 e. The molecule has 0 aromatic heterocycles. The molecule has 2 heterocycles. The van der Waals surface area contributed by atoms with Crippen molar-refractivity contribution in [2.24, 2.45) is 0 Å². The Morgan fingerprint density at radius 3 is 2.56 bits per heavy atom. The Hall–Kier alpha value is -1.62. The second-order valence-corrected chi connectivity index (χ2v) is 8.40. The Morgan fingerprint density at radius 1 is 1.12 bits per heavy atom. The van der Waals surface area contributed by atoms with Crippen molar-refractivity contribution in [3.63, 3.8) is 0 Å². The van der Waals surface area contributed by atoms with Crippen LogP contribution < -0.4 is 4.90 Å². The van der Waals surface area contributed by atoms with Crippen LogP contribution in [0.3, 0.4) is 0 Å². The first-order valence-corrected chi connectivity index (χ1v) is 9.57. The van der Waals surface area contributed by atoms with Crippen LogP contribution in [0.5, 0.6) is 0 Å². The molecule has 0 aliphatic carbocycles. The van der Waals surface area contributed by atoms with Crippen LogP contribution in [0.25, 0.3) is 5.76 Å². The van der Waals surface area contributed by atoms with Gasteiger partial charge < -0.3 is 9.64 Å². The molecule has 6 heteroatoms. The number of thioether (sulfide) groups is 1. The summed E-state index contributed by atoms with van der Waals surface area (Å²) in [5.74, 6) is 0.621. The molecule has 2 aliphatic heterocycles. The molecular formula is C19H15Cl2NO2S. The van der Waals surface area contributed by atoms with E-state index in [2.05, 4.69) is 0 Å². The summed E-state index contributed by atoms with van der Waals surface area (Å²) < 4.78 is 3.91. The third kappa shape index (κ3) is 2.73. The molecular weight excluding hydrogens is 377 g/mol. The molecule has 0 fully saturated rings. The standard InChI is InChI=1S/C19H15Cl2NO2S/c1-22(12-7-3-2-4-8-12)17-14-11-25-15-10-6-5-9-13(15)16(14)24-18(23)19(17,20)21/h2-10,17H,11H2,1H3. The van der Waals surface area contributed by atoms with E-state index in [1.54, 1.807) is 11.8 Å². The molecule has 2 aliphatic rings. The number of anilines is 1. The molecule has 0 saturated heterocycles. The van der Waals surface area contributed by atoms with Gasteiger partial charge in [-0.1, -0.05) is 59.6 Å². The molecule has 0 amide bonds. The summed E-state index contributed by atoms with van der Waals surface area (Å²) >= 11 is 14.7. The van der Waals surface area contributed by atoms with E-state index in [-0.39, 0.29) is 0 Å². The summed E-state index contributed by atoms with van der Waals surface area (Å²) in [6, 6.07) is 17.1. The van der Waals surface area contributed by atoms with Crippen LogP contribution in [0.15, 0.2) is 65.1 Å². The van der Waals surface area contributed by atoms with Crippen molar-refractivity contribution in [1.29, 1.82) is 0 Å². The van der Waals surface area contributed by atoms with Crippen molar-refractivity contribution in [3.05, 3.63) is 65.7 Å². The molecule has 1 unspecified atom stereocenters. The zero-order valence-electron chi connectivity index (χ0n) is 13.4. The fraction of sp³-hybridized carbons (Fsp3) is 0.211. The third-order valence-electron chi connectivity index (χ3n) is 4.50. The number of hydrogen-bond donors (Lipinski definition) is 0. The number of para-hydroxylation sites is 1. The van der Waals surface area contributed by atoms with Gasteiger partial charge in [0.2, 0.25) is 4.33 Å². The molecule has 1 atom stereocenters. The average Bonchev–Trinajstić information content (AvgIpc) is 2.63. The number of benzene rings is 2. The normalized spacial score (nSPS) is 21.2. The Balaban J connectivity index is 1.87. The van der Waals surface area contributed by atoms with Gasteiger partial charge in [-0.2, -0.15) is 0 Å². The topological polar surface area (TPSA) is 29.5 Å². The van der Waals surface area contributed by atoms with E-state index >= 15 is 0 Å². The number of rotatable bonds is 2. The zero-order chi connectivity index (χ0) is 17.6. The predicted octanol–water partition coefficient (Wildman–Crippen LogP) is 4.74. The van der Waals surface area contributed by atoms with Crippen molar-refractivity contribution in [1.82, 2.24) is 0 Å². The second kappa shape index (κ2) is 6.27. The van der Waals surface area contributed by atoms with Crippen LogP contribution in [0.1, 0.15) is 5.56 Å². The molecule has 0 N–H and O–H groups in total. The average molecular weight is 392 g/mol. The summed E-state index contributed by atoms with van der Waals surface area (Å²) in [5, 5.41) is 0. The third-order valence-corrected chi connectivity index (χ3v) is 6.34. The van der Waals surface area contributed by atoms with Gasteiger partial charge in [-0.05, 0) is 18.2 Å². The lowest BCUT2D eigenvalue weighted by Crippen LogP contribution is -2.54. The van der Waals surface area contributed by atoms with Gasteiger partial charge in [-0.25, -0.2) is 4.79 Å². The number of nitrogens with zero attached hydrogens (tertiary/aromatic N) is 1. The van der Waals surface area contributed by atoms with Crippen LogP contribution in [0, 0.1) is 0 Å². The highest BCUT2D eigenvalue weighted by molar-refractivity contribution is 7.99. The molecule has 2 aromatic rings. The highest BCUT2D eigenvalue weighted by atomic mass is 35.5. The van der Waals surface area contributed by atoms with Gasteiger partial charge in [-0.15, -0.1) is 11.8 Å². The molecule has 3 nitrogen and oxygen atoms in total. The molecule has 0 saturated carbocycles. The maximum absolute atomic E-state index is 12.6. The molecule has 25 heavy (non-hydrogen) atoms. The van der Waals surface area contributed by atoms with Crippen molar-refractivity contribution < 1.29 is 9.53 Å². The Bertz CT molecular complexity index is 867. The van der Waals surface area contributed by atoms with Gasteiger partial charge in [0.05, 0.1) is 6.04 Å². The zero-order valence-corrected chi connectivity index (χ0v) is 15.7. The number of alkyl halides is 2. The number of ether oxygens (including phenoxy) is 1. The first kappa shape index (κ1) is 16.8. The van der Waals surface area contributed by atoms with E-state index in [9.17, 15) is 4.79 Å². The van der Waals surface area contributed by atoms with Gasteiger partial charge in [0, 0.05) is 34.5 Å². The van der Waals surface area contributed by atoms with E-state index in [0.717, 1.165) is 21.7 Å². The van der Waals surface area contributed by atoms with E-state index in [0.29, 0.717) is 11.5 Å². The fourth-order valence-corrected chi connectivity index (χ4v) is 5.00. The lowest BCUT2D eigenvalue weighted by molar-refractivity contribution is -0.138. The van der Waals surface area contributed by atoms with Crippen LogP contribution in [-0.2, 0) is 9.53 Å². The minimum absolute atomic E-state index is 0.504. The number of halogens is 2. The Labute approximate surface area is 160 Å². The van der Waals surface area contributed by atoms with E-state index in [1.807, 2.05) is 66.5 Å². The number of carbonyl (C=O) groups is 1. The lowest BCUT2D eigenvalue weighted by Gasteiger charge is -2.43. The largest absolute Gasteiger partial charge is 0.423 e. The van der Waals surface area contributed by atoms with Gasteiger partial charge in [-0.3, -0.25) is 0 Å². The van der Waals surface area contributed by atoms with Crippen LogP contribution in [0.2, 0.25) is 0 Å². The number of carbonyl (C=O) groups excluding carboxylic acids is 1. The first-order chi connectivity index (χ1) is 12.0. The molecule has 2 aromatic carbocycles. The van der Waals surface area contributed by atoms with E-state index in [4.69, 9.17) is 27.9 Å². The first-order valence-electron chi connectivity index (χ1n) is 7.83. The summed E-state index contributed by atoms with van der Waals surface area (Å²) in [5.41, 5.74) is 2.78. The molecule has 0 radical (unpaired) electrons. The molecule has 128 valence electrons. The monoisotopic (exact) mass is 391 g/mol. The van der Waals surface area contributed by atoms with Crippen LogP contribution in [-0.4, -0.2) is 29.1 Å². The highest BCUT2D eigenvalue weighted by Gasteiger charge is 2.53. The second-order valence-electron chi connectivity index (χ2n) is 6.00. The van der Waals surface area contributed by atoms with Gasteiger partial charge in [0.25, 0.3) is 0 Å².